The number of rotatable bonds is 2. The van der Waals surface area contributed by atoms with Gasteiger partial charge in [0.05, 0.1) is 0 Å². The SMILES string of the molecule is COCC(=O)N1CC2CCC1C2. The zero-order chi connectivity index (χ0) is 8.55. The summed E-state index contributed by atoms with van der Waals surface area (Å²) in [5.41, 5.74) is 0. The van der Waals surface area contributed by atoms with Gasteiger partial charge in [0.2, 0.25) is 5.91 Å². The fourth-order valence-corrected chi connectivity index (χ4v) is 2.44. The van der Waals surface area contributed by atoms with Gasteiger partial charge in [0, 0.05) is 19.7 Å². The summed E-state index contributed by atoms with van der Waals surface area (Å²) in [6, 6.07) is 0.539. The van der Waals surface area contributed by atoms with Crippen LogP contribution in [0.25, 0.3) is 0 Å². The van der Waals surface area contributed by atoms with E-state index in [1.54, 1.807) is 7.11 Å². The number of methoxy groups -OCH3 is 1. The Bertz CT molecular complexity index is 193. The fraction of sp³-hybridized carbons (Fsp3) is 0.889. The number of piperidine rings is 1. The zero-order valence-electron chi connectivity index (χ0n) is 7.45. The summed E-state index contributed by atoms with van der Waals surface area (Å²) >= 11 is 0. The molecule has 0 spiro atoms. The van der Waals surface area contributed by atoms with Crippen molar-refractivity contribution in [2.24, 2.45) is 5.92 Å². The first kappa shape index (κ1) is 8.05. The van der Waals surface area contributed by atoms with Gasteiger partial charge in [-0.05, 0) is 25.2 Å². The van der Waals surface area contributed by atoms with Gasteiger partial charge in [-0.3, -0.25) is 4.79 Å². The number of fused-ring (bicyclic) bond motifs is 2. The van der Waals surface area contributed by atoms with Crippen LogP contribution in [0.5, 0.6) is 0 Å². The molecule has 2 aliphatic rings. The van der Waals surface area contributed by atoms with Crippen LogP contribution in [-0.2, 0) is 9.53 Å². The minimum absolute atomic E-state index is 0.171. The third-order valence-corrected chi connectivity index (χ3v) is 3.00. The highest BCUT2D eigenvalue weighted by atomic mass is 16.5. The Labute approximate surface area is 72.7 Å². The molecular formula is C9H15NO2. The van der Waals surface area contributed by atoms with Crippen LogP contribution in [0.1, 0.15) is 19.3 Å². The highest BCUT2D eigenvalue weighted by Crippen LogP contribution is 2.37. The van der Waals surface area contributed by atoms with Gasteiger partial charge >= 0.3 is 0 Å². The molecule has 68 valence electrons. The van der Waals surface area contributed by atoms with E-state index in [0.29, 0.717) is 6.04 Å². The summed E-state index contributed by atoms with van der Waals surface area (Å²) in [5, 5.41) is 0. The van der Waals surface area contributed by atoms with Crippen LogP contribution >= 0.6 is 0 Å². The van der Waals surface area contributed by atoms with Crippen LogP contribution < -0.4 is 0 Å². The van der Waals surface area contributed by atoms with Gasteiger partial charge in [-0.1, -0.05) is 0 Å². The Hall–Kier alpha value is -0.570. The number of carbonyl (C=O) groups excluding carboxylic acids is 1. The Morgan fingerprint density at radius 3 is 2.92 bits per heavy atom. The molecule has 2 atom stereocenters. The second-order valence-electron chi connectivity index (χ2n) is 3.81. The highest BCUT2D eigenvalue weighted by molar-refractivity contribution is 5.78. The van der Waals surface area contributed by atoms with E-state index in [4.69, 9.17) is 4.74 Å². The van der Waals surface area contributed by atoms with Crippen molar-refractivity contribution in [3.05, 3.63) is 0 Å². The molecule has 0 N–H and O–H groups in total. The Balaban J connectivity index is 1.93. The largest absolute Gasteiger partial charge is 0.375 e. The lowest BCUT2D eigenvalue weighted by atomic mass is 10.1. The molecule has 0 aromatic carbocycles. The van der Waals surface area contributed by atoms with Crippen molar-refractivity contribution in [3.63, 3.8) is 0 Å². The molecule has 0 radical (unpaired) electrons. The van der Waals surface area contributed by atoms with E-state index in [1.807, 2.05) is 4.90 Å². The maximum atomic E-state index is 11.4. The molecule has 3 heteroatoms. The molecule has 2 rings (SSSR count). The first-order chi connectivity index (χ1) is 5.81. The molecule has 1 heterocycles. The summed E-state index contributed by atoms with van der Waals surface area (Å²) in [6.45, 7) is 1.23. The second-order valence-corrected chi connectivity index (χ2v) is 3.81. The Morgan fingerprint density at radius 1 is 1.58 bits per heavy atom. The van der Waals surface area contributed by atoms with Crippen LogP contribution in [0.15, 0.2) is 0 Å². The second kappa shape index (κ2) is 3.05. The van der Waals surface area contributed by atoms with Crippen LogP contribution in [0, 0.1) is 5.92 Å². The Morgan fingerprint density at radius 2 is 2.42 bits per heavy atom. The number of ether oxygens (including phenoxy) is 1. The van der Waals surface area contributed by atoms with Crippen molar-refractivity contribution >= 4 is 5.91 Å². The lowest BCUT2D eigenvalue weighted by Gasteiger charge is -2.26. The standard InChI is InChI=1S/C9H15NO2/c1-12-6-9(11)10-5-7-2-3-8(10)4-7/h7-8H,2-6H2,1H3. The smallest absolute Gasteiger partial charge is 0.248 e. The molecule has 2 fully saturated rings. The molecule has 1 amide bonds. The predicted octanol–water partition coefficient (Wildman–Crippen LogP) is 0.644. The molecule has 1 saturated carbocycles. The molecule has 3 nitrogen and oxygen atoms in total. The molecule has 12 heavy (non-hydrogen) atoms. The zero-order valence-corrected chi connectivity index (χ0v) is 7.45. The lowest BCUT2D eigenvalue weighted by molar-refractivity contribution is -0.136. The lowest BCUT2D eigenvalue weighted by Crippen LogP contribution is -2.39. The van der Waals surface area contributed by atoms with Crippen LogP contribution in [0.2, 0.25) is 0 Å². The first-order valence-corrected chi connectivity index (χ1v) is 4.59. The van der Waals surface area contributed by atoms with Gasteiger partial charge in [0.15, 0.2) is 0 Å². The number of likely N-dealkylation sites (tertiary alicyclic amines) is 1. The number of hydrogen-bond acceptors (Lipinski definition) is 2. The maximum Gasteiger partial charge on any atom is 0.248 e. The third-order valence-electron chi connectivity index (χ3n) is 3.00. The van der Waals surface area contributed by atoms with Crippen LogP contribution in [0.3, 0.4) is 0 Å². The number of hydrogen-bond donors (Lipinski definition) is 0. The average molecular weight is 169 g/mol. The van der Waals surface area contributed by atoms with E-state index in [0.717, 1.165) is 12.5 Å². The van der Waals surface area contributed by atoms with Gasteiger partial charge in [-0.2, -0.15) is 0 Å². The van der Waals surface area contributed by atoms with Crippen molar-refractivity contribution in [1.82, 2.24) is 4.90 Å². The molecular weight excluding hydrogens is 154 g/mol. The van der Waals surface area contributed by atoms with Gasteiger partial charge in [-0.15, -0.1) is 0 Å². The monoisotopic (exact) mass is 169 g/mol. The minimum Gasteiger partial charge on any atom is -0.375 e. The van der Waals surface area contributed by atoms with Gasteiger partial charge < -0.3 is 9.64 Å². The Kier molecular flexibility index (Phi) is 2.05. The van der Waals surface area contributed by atoms with Crippen LogP contribution in [-0.4, -0.2) is 37.1 Å². The summed E-state index contributed by atoms with van der Waals surface area (Å²) in [4.78, 5) is 13.4. The number of nitrogens with zero attached hydrogens (tertiary/aromatic N) is 1. The van der Waals surface area contributed by atoms with E-state index in [-0.39, 0.29) is 12.5 Å². The summed E-state index contributed by atoms with van der Waals surface area (Å²) in [5.74, 6) is 0.959. The van der Waals surface area contributed by atoms with Crippen molar-refractivity contribution in [2.45, 2.75) is 25.3 Å². The molecule has 1 aliphatic carbocycles. The predicted molar refractivity (Wildman–Crippen MR) is 44.7 cm³/mol. The van der Waals surface area contributed by atoms with Crippen molar-refractivity contribution < 1.29 is 9.53 Å². The van der Waals surface area contributed by atoms with Gasteiger partial charge in [-0.25, -0.2) is 0 Å². The minimum atomic E-state index is 0.171. The molecule has 1 saturated heterocycles. The fourth-order valence-electron chi connectivity index (χ4n) is 2.44. The topological polar surface area (TPSA) is 29.5 Å². The molecule has 0 aromatic heterocycles. The van der Waals surface area contributed by atoms with E-state index in [2.05, 4.69) is 0 Å². The normalized spacial score (nSPS) is 32.9. The van der Waals surface area contributed by atoms with Crippen molar-refractivity contribution in [1.29, 1.82) is 0 Å². The van der Waals surface area contributed by atoms with Crippen LogP contribution in [0.4, 0.5) is 0 Å². The van der Waals surface area contributed by atoms with Crippen molar-refractivity contribution in [2.75, 3.05) is 20.3 Å². The maximum absolute atomic E-state index is 11.4. The summed E-state index contributed by atoms with van der Waals surface area (Å²) in [6.07, 6.45) is 3.76. The molecule has 2 bridgehead atoms. The summed E-state index contributed by atoms with van der Waals surface area (Å²) in [7, 11) is 1.58. The van der Waals surface area contributed by atoms with Gasteiger partial charge in [0.1, 0.15) is 6.61 Å². The quantitative estimate of drug-likeness (QED) is 0.607. The number of carbonyl (C=O) groups is 1. The molecule has 2 unspecified atom stereocenters. The molecule has 1 aliphatic heterocycles. The van der Waals surface area contributed by atoms with Crippen molar-refractivity contribution in [3.8, 4) is 0 Å². The van der Waals surface area contributed by atoms with E-state index >= 15 is 0 Å². The van der Waals surface area contributed by atoms with E-state index in [1.165, 1.54) is 19.3 Å². The summed E-state index contributed by atoms with van der Waals surface area (Å²) < 4.78 is 4.83. The van der Waals surface area contributed by atoms with Gasteiger partial charge in [0.25, 0.3) is 0 Å². The highest BCUT2D eigenvalue weighted by Gasteiger charge is 2.39. The van der Waals surface area contributed by atoms with E-state index < -0.39 is 0 Å². The third kappa shape index (κ3) is 1.22. The first-order valence-electron chi connectivity index (χ1n) is 4.59. The average Bonchev–Trinajstić information content (AvgIpc) is 2.64. The van der Waals surface area contributed by atoms with E-state index in [9.17, 15) is 4.79 Å². The molecule has 0 aromatic rings. The number of amides is 1.